The van der Waals surface area contributed by atoms with E-state index in [0.29, 0.717) is 11.1 Å². The topological polar surface area (TPSA) is 52.6 Å². The fraction of sp³-hybridized carbons (Fsp3) is 0.222. The molecule has 1 aliphatic heterocycles. The van der Waals surface area contributed by atoms with Gasteiger partial charge in [-0.2, -0.15) is 13.2 Å². The highest BCUT2D eigenvalue weighted by Gasteiger charge is 2.45. The molecule has 130 valence electrons. The van der Waals surface area contributed by atoms with Crippen molar-refractivity contribution in [1.82, 2.24) is 0 Å². The molecule has 7 heteroatoms. The molecule has 3 rings (SSSR count). The Bertz CT molecular complexity index is 844. The van der Waals surface area contributed by atoms with Crippen molar-refractivity contribution >= 4 is 11.9 Å². The standard InChI is InChI=1S/C18H13F3O4/c1-17(10-11-6-2-3-7-12(11)15(22)25-17)16(23)24-14-9-5-4-8-13(14)18(19,20)21/h2-9H,10H2,1H3. The van der Waals surface area contributed by atoms with Crippen LogP contribution in [0.1, 0.15) is 28.4 Å². The Kier molecular flexibility index (Phi) is 4.02. The quantitative estimate of drug-likeness (QED) is 0.611. The van der Waals surface area contributed by atoms with Gasteiger partial charge in [-0.25, -0.2) is 9.59 Å². The lowest BCUT2D eigenvalue weighted by Gasteiger charge is -2.32. The number of esters is 2. The maximum absolute atomic E-state index is 13.0. The first kappa shape index (κ1) is 17.0. The summed E-state index contributed by atoms with van der Waals surface area (Å²) in [5.74, 6) is -2.41. The van der Waals surface area contributed by atoms with Gasteiger partial charge in [-0.15, -0.1) is 0 Å². The van der Waals surface area contributed by atoms with Gasteiger partial charge in [0.15, 0.2) is 0 Å². The number of para-hydroxylation sites is 1. The maximum atomic E-state index is 13.0. The lowest BCUT2D eigenvalue weighted by Crippen LogP contribution is -2.48. The van der Waals surface area contributed by atoms with Crippen molar-refractivity contribution in [3.8, 4) is 5.75 Å². The average Bonchev–Trinajstić information content (AvgIpc) is 2.54. The van der Waals surface area contributed by atoms with Crippen molar-refractivity contribution in [1.29, 1.82) is 0 Å². The van der Waals surface area contributed by atoms with Gasteiger partial charge in [0.05, 0.1) is 11.1 Å². The third-order valence-electron chi connectivity index (χ3n) is 3.91. The molecule has 1 atom stereocenters. The third kappa shape index (κ3) is 3.22. The van der Waals surface area contributed by atoms with E-state index >= 15 is 0 Å². The van der Waals surface area contributed by atoms with E-state index in [-0.39, 0.29) is 6.42 Å². The molecule has 0 saturated heterocycles. The number of ether oxygens (including phenoxy) is 2. The van der Waals surface area contributed by atoms with Crippen LogP contribution in [0.2, 0.25) is 0 Å². The summed E-state index contributed by atoms with van der Waals surface area (Å²) >= 11 is 0. The molecule has 0 bridgehead atoms. The van der Waals surface area contributed by atoms with Crippen LogP contribution < -0.4 is 4.74 Å². The number of hydrogen-bond donors (Lipinski definition) is 0. The summed E-state index contributed by atoms with van der Waals surface area (Å²) in [6.45, 7) is 1.32. The summed E-state index contributed by atoms with van der Waals surface area (Å²) in [5, 5.41) is 0. The molecule has 0 saturated carbocycles. The summed E-state index contributed by atoms with van der Waals surface area (Å²) in [5.41, 5.74) is -1.88. The zero-order valence-electron chi connectivity index (χ0n) is 13.1. The van der Waals surface area contributed by atoms with E-state index in [4.69, 9.17) is 9.47 Å². The van der Waals surface area contributed by atoms with Gasteiger partial charge in [-0.05, 0) is 30.7 Å². The van der Waals surface area contributed by atoms with E-state index in [2.05, 4.69) is 0 Å². The van der Waals surface area contributed by atoms with Gasteiger partial charge in [0.2, 0.25) is 5.60 Å². The van der Waals surface area contributed by atoms with Crippen molar-refractivity contribution in [2.24, 2.45) is 0 Å². The normalized spacial score (nSPS) is 19.8. The molecule has 0 amide bonds. The number of benzene rings is 2. The first-order valence-corrected chi connectivity index (χ1v) is 7.40. The van der Waals surface area contributed by atoms with Gasteiger partial charge in [0.25, 0.3) is 0 Å². The van der Waals surface area contributed by atoms with Gasteiger partial charge in [0, 0.05) is 6.42 Å². The lowest BCUT2D eigenvalue weighted by molar-refractivity contribution is -0.157. The zero-order chi connectivity index (χ0) is 18.2. The van der Waals surface area contributed by atoms with E-state index < -0.39 is 35.0 Å². The molecule has 0 fully saturated rings. The van der Waals surface area contributed by atoms with Gasteiger partial charge >= 0.3 is 18.1 Å². The highest BCUT2D eigenvalue weighted by atomic mass is 19.4. The zero-order valence-corrected chi connectivity index (χ0v) is 13.1. The van der Waals surface area contributed by atoms with Crippen molar-refractivity contribution in [2.45, 2.75) is 25.1 Å². The minimum absolute atomic E-state index is 0.0158. The van der Waals surface area contributed by atoms with E-state index in [1.807, 2.05) is 0 Å². The fourth-order valence-electron chi connectivity index (χ4n) is 2.64. The molecule has 2 aromatic rings. The molecule has 1 aliphatic rings. The number of halogens is 3. The molecule has 0 aliphatic carbocycles. The van der Waals surface area contributed by atoms with Crippen LogP contribution in [0.15, 0.2) is 48.5 Å². The van der Waals surface area contributed by atoms with E-state index in [1.165, 1.54) is 19.1 Å². The minimum atomic E-state index is -4.67. The highest BCUT2D eigenvalue weighted by Crippen LogP contribution is 2.37. The Morgan fingerprint density at radius 2 is 1.76 bits per heavy atom. The Labute approximate surface area is 141 Å². The lowest BCUT2D eigenvalue weighted by atomic mass is 9.90. The second-order valence-electron chi connectivity index (χ2n) is 5.84. The van der Waals surface area contributed by atoms with Gasteiger partial charge in [-0.1, -0.05) is 30.3 Å². The molecule has 1 unspecified atom stereocenters. The van der Waals surface area contributed by atoms with Gasteiger partial charge in [-0.3, -0.25) is 0 Å². The first-order chi connectivity index (χ1) is 11.7. The molecule has 4 nitrogen and oxygen atoms in total. The largest absolute Gasteiger partial charge is 0.443 e. The molecule has 0 aromatic heterocycles. The van der Waals surface area contributed by atoms with Crippen molar-refractivity contribution in [3.63, 3.8) is 0 Å². The number of carbonyl (C=O) groups excluding carboxylic acids is 2. The number of hydrogen-bond acceptors (Lipinski definition) is 4. The van der Waals surface area contributed by atoms with Crippen LogP contribution in [-0.2, 0) is 22.1 Å². The number of cyclic esters (lactones) is 1. The Morgan fingerprint density at radius 1 is 1.12 bits per heavy atom. The first-order valence-electron chi connectivity index (χ1n) is 7.40. The van der Waals surface area contributed by atoms with Crippen LogP contribution in [0.5, 0.6) is 5.75 Å². The molecule has 0 spiro atoms. The van der Waals surface area contributed by atoms with Gasteiger partial charge < -0.3 is 9.47 Å². The van der Waals surface area contributed by atoms with Crippen LogP contribution in [-0.4, -0.2) is 17.5 Å². The number of fused-ring (bicyclic) bond motifs is 1. The third-order valence-corrected chi connectivity index (χ3v) is 3.91. The van der Waals surface area contributed by atoms with Gasteiger partial charge in [0.1, 0.15) is 5.75 Å². The van der Waals surface area contributed by atoms with Crippen LogP contribution in [0.3, 0.4) is 0 Å². The molecule has 0 N–H and O–H groups in total. The predicted octanol–water partition coefficient (Wildman–Crippen LogP) is 3.78. The van der Waals surface area contributed by atoms with E-state index in [9.17, 15) is 22.8 Å². The maximum Gasteiger partial charge on any atom is 0.419 e. The SMILES string of the molecule is CC1(C(=O)Oc2ccccc2C(F)(F)F)Cc2ccccc2C(=O)O1. The Morgan fingerprint density at radius 3 is 2.48 bits per heavy atom. The summed E-state index contributed by atoms with van der Waals surface area (Å²) in [4.78, 5) is 24.5. The number of carbonyl (C=O) groups is 2. The Balaban J connectivity index is 1.89. The number of alkyl halides is 3. The summed E-state index contributed by atoms with van der Waals surface area (Å²) in [6.07, 6.45) is -4.66. The summed E-state index contributed by atoms with van der Waals surface area (Å²) in [7, 11) is 0. The van der Waals surface area contributed by atoms with E-state index in [1.54, 1.807) is 24.3 Å². The highest BCUT2D eigenvalue weighted by molar-refractivity contribution is 5.96. The second-order valence-corrected chi connectivity index (χ2v) is 5.84. The molecule has 25 heavy (non-hydrogen) atoms. The molecular formula is C18H13F3O4. The summed E-state index contributed by atoms with van der Waals surface area (Å²) in [6, 6.07) is 10.9. The molecule has 2 aromatic carbocycles. The Hall–Kier alpha value is -2.83. The second kappa shape index (κ2) is 5.91. The van der Waals surface area contributed by atoms with E-state index in [0.717, 1.165) is 12.1 Å². The monoisotopic (exact) mass is 350 g/mol. The average molecular weight is 350 g/mol. The summed E-state index contributed by atoms with van der Waals surface area (Å²) < 4.78 is 49.2. The van der Waals surface area contributed by atoms with Crippen LogP contribution in [0.4, 0.5) is 13.2 Å². The smallest absolute Gasteiger partial charge is 0.419 e. The molecular weight excluding hydrogens is 337 g/mol. The molecule has 0 radical (unpaired) electrons. The molecule has 1 heterocycles. The van der Waals surface area contributed by atoms with Crippen LogP contribution in [0, 0.1) is 0 Å². The van der Waals surface area contributed by atoms with Crippen LogP contribution in [0.25, 0.3) is 0 Å². The van der Waals surface area contributed by atoms with Crippen molar-refractivity contribution in [3.05, 3.63) is 65.2 Å². The van der Waals surface area contributed by atoms with Crippen LogP contribution >= 0.6 is 0 Å². The van der Waals surface area contributed by atoms with Crippen molar-refractivity contribution in [2.75, 3.05) is 0 Å². The fourth-order valence-corrected chi connectivity index (χ4v) is 2.64. The predicted molar refractivity (Wildman–Crippen MR) is 81.0 cm³/mol. The number of rotatable bonds is 2. The minimum Gasteiger partial charge on any atom is -0.443 e. The van der Waals surface area contributed by atoms with Crippen molar-refractivity contribution < 1.29 is 32.2 Å².